The first-order chi connectivity index (χ1) is 11.4. The van der Waals surface area contributed by atoms with Gasteiger partial charge in [0, 0.05) is 11.8 Å². The molecule has 0 bridgehead atoms. The standard InChI is InChI=1S/C16H12FN3O4/c1-10(24-13-5-2-11(9-18)3-6-13)16(21)19-12-4-7-14(17)15(8-12)20(22)23/h2-8,10H,1H3,(H,19,21). The smallest absolute Gasteiger partial charge is 0.306 e. The average Bonchev–Trinajstić information content (AvgIpc) is 2.57. The molecule has 0 radical (unpaired) electrons. The van der Waals surface area contributed by atoms with Gasteiger partial charge in [-0.05, 0) is 43.3 Å². The van der Waals surface area contributed by atoms with E-state index in [0.29, 0.717) is 11.3 Å². The minimum atomic E-state index is -0.986. The fourth-order valence-electron chi connectivity index (χ4n) is 1.84. The van der Waals surface area contributed by atoms with Crippen LogP contribution in [0.4, 0.5) is 15.8 Å². The van der Waals surface area contributed by atoms with E-state index in [0.717, 1.165) is 12.1 Å². The van der Waals surface area contributed by atoms with Gasteiger partial charge in [-0.1, -0.05) is 0 Å². The number of nitrogens with one attached hydrogen (secondary N) is 1. The highest BCUT2D eigenvalue weighted by Gasteiger charge is 2.18. The number of carbonyl (C=O) groups excluding carboxylic acids is 1. The van der Waals surface area contributed by atoms with Crippen LogP contribution >= 0.6 is 0 Å². The Morgan fingerprint density at radius 1 is 1.33 bits per heavy atom. The minimum Gasteiger partial charge on any atom is -0.481 e. The third kappa shape index (κ3) is 4.04. The number of amides is 1. The summed E-state index contributed by atoms with van der Waals surface area (Å²) in [7, 11) is 0. The number of hydrogen-bond acceptors (Lipinski definition) is 5. The van der Waals surface area contributed by atoms with Crippen molar-refractivity contribution in [1.29, 1.82) is 5.26 Å². The summed E-state index contributed by atoms with van der Waals surface area (Å²) in [6.07, 6.45) is -0.901. The number of rotatable bonds is 5. The Hall–Kier alpha value is -3.47. The molecule has 2 rings (SSSR count). The lowest BCUT2D eigenvalue weighted by Crippen LogP contribution is -2.30. The molecule has 0 saturated carbocycles. The molecule has 7 nitrogen and oxygen atoms in total. The fraction of sp³-hybridized carbons (Fsp3) is 0.125. The molecule has 2 aromatic carbocycles. The van der Waals surface area contributed by atoms with Crippen LogP contribution in [0.3, 0.4) is 0 Å². The van der Waals surface area contributed by atoms with Crippen LogP contribution in [-0.4, -0.2) is 16.9 Å². The van der Waals surface area contributed by atoms with E-state index in [4.69, 9.17) is 10.00 Å². The van der Waals surface area contributed by atoms with Crippen molar-refractivity contribution in [3.05, 3.63) is 64.0 Å². The highest BCUT2D eigenvalue weighted by molar-refractivity contribution is 5.94. The Labute approximate surface area is 136 Å². The molecular formula is C16H12FN3O4. The molecule has 8 heteroatoms. The van der Waals surface area contributed by atoms with Gasteiger partial charge in [0.05, 0.1) is 16.6 Å². The van der Waals surface area contributed by atoms with Gasteiger partial charge < -0.3 is 10.1 Å². The number of nitrogens with zero attached hydrogens (tertiary/aromatic N) is 2. The molecule has 0 aliphatic carbocycles. The summed E-state index contributed by atoms with van der Waals surface area (Å²) in [6.45, 7) is 1.49. The molecule has 2 aromatic rings. The van der Waals surface area contributed by atoms with Gasteiger partial charge in [-0.15, -0.1) is 0 Å². The quantitative estimate of drug-likeness (QED) is 0.670. The zero-order valence-corrected chi connectivity index (χ0v) is 12.5. The lowest BCUT2D eigenvalue weighted by molar-refractivity contribution is -0.387. The van der Waals surface area contributed by atoms with Gasteiger partial charge in [-0.3, -0.25) is 14.9 Å². The Morgan fingerprint density at radius 3 is 2.58 bits per heavy atom. The first-order valence-corrected chi connectivity index (χ1v) is 6.82. The molecule has 122 valence electrons. The van der Waals surface area contributed by atoms with E-state index in [1.165, 1.54) is 13.0 Å². The number of nitro groups is 1. The number of ether oxygens (including phenoxy) is 1. The number of nitro benzene ring substituents is 1. The molecule has 0 heterocycles. The second-order valence-corrected chi connectivity index (χ2v) is 4.81. The van der Waals surface area contributed by atoms with Crippen molar-refractivity contribution in [3.63, 3.8) is 0 Å². The van der Waals surface area contributed by atoms with Crippen LogP contribution in [-0.2, 0) is 4.79 Å². The predicted octanol–water partition coefficient (Wildman–Crippen LogP) is 3.01. The van der Waals surface area contributed by atoms with Crippen molar-refractivity contribution >= 4 is 17.3 Å². The summed E-state index contributed by atoms with van der Waals surface area (Å²) >= 11 is 0. The molecule has 0 saturated heterocycles. The summed E-state index contributed by atoms with van der Waals surface area (Å²) < 4.78 is 18.7. The minimum absolute atomic E-state index is 0.0865. The zero-order chi connectivity index (χ0) is 17.7. The number of benzene rings is 2. The normalized spacial score (nSPS) is 11.2. The van der Waals surface area contributed by atoms with Crippen LogP contribution in [0.25, 0.3) is 0 Å². The first kappa shape index (κ1) is 16.9. The molecule has 0 fully saturated rings. The number of halogens is 1. The summed E-state index contributed by atoms with van der Waals surface area (Å²) in [4.78, 5) is 21.9. The Bertz CT molecular complexity index is 815. The number of carbonyl (C=O) groups is 1. The van der Waals surface area contributed by atoms with Crippen molar-refractivity contribution in [2.75, 3.05) is 5.32 Å². The van der Waals surface area contributed by atoms with Gasteiger partial charge in [0.1, 0.15) is 5.75 Å². The van der Waals surface area contributed by atoms with Crippen LogP contribution < -0.4 is 10.1 Å². The summed E-state index contributed by atoms with van der Waals surface area (Å²) in [5.41, 5.74) is -0.185. The van der Waals surface area contributed by atoms with E-state index in [-0.39, 0.29) is 5.69 Å². The molecule has 1 atom stereocenters. The van der Waals surface area contributed by atoms with Gasteiger partial charge in [0.25, 0.3) is 5.91 Å². The maximum Gasteiger partial charge on any atom is 0.306 e. The van der Waals surface area contributed by atoms with Crippen molar-refractivity contribution in [3.8, 4) is 11.8 Å². The van der Waals surface area contributed by atoms with E-state index < -0.39 is 28.4 Å². The van der Waals surface area contributed by atoms with Gasteiger partial charge in [0.15, 0.2) is 6.10 Å². The van der Waals surface area contributed by atoms with Gasteiger partial charge >= 0.3 is 5.69 Å². The maximum atomic E-state index is 13.3. The molecule has 24 heavy (non-hydrogen) atoms. The molecule has 1 unspecified atom stereocenters. The summed E-state index contributed by atoms with van der Waals surface area (Å²) in [6, 6.07) is 11.2. The SMILES string of the molecule is CC(Oc1ccc(C#N)cc1)C(=O)Nc1ccc(F)c([N+](=O)[O-])c1. The fourth-order valence-corrected chi connectivity index (χ4v) is 1.84. The van der Waals surface area contributed by atoms with Gasteiger partial charge in [-0.2, -0.15) is 9.65 Å². The van der Waals surface area contributed by atoms with Crippen molar-refractivity contribution < 1.29 is 18.8 Å². The largest absolute Gasteiger partial charge is 0.481 e. The number of nitriles is 1. The van der Waals surface area contributed by atoms with Crippen molar-refractivity contribution in [2.45, 2.75) is 13.0 Å². The molecule has 0 aliphatic heterocycles. The van der Waals surface area contributed by atoms with Gasteiger partial charge in [-0.25, -0.2) is 0 Å². The Kier molecular flexibility index (Phi) is 5.06. The molecule has 0 aromatic heterocycles. The average molecular weight is 329 g/mol. The van der Waals surface area contributed by atoms with Crippen molar-refractivity contribution in [2.24, 2.45) is 0 Å². The van der Waals surface area contributed by atoms with Crippen LogP contribution in [0.1, 0.15) is 12.5 Å². The second-order valence-electron chi connectivity index (χ2n) is 4.81. The van der Waals surface area contributed by atoms with E-state index >= 15 is 0 Å². The van der Waals surface area contributed by atoms with E-state index in [2.05, 4.69) is 5.32 Å². The topological polar surface area (TPSA) is 105 Å². The molecule has 0 spiro atoms. The molecular weight excluding hydrogens is 317 g/mol. The number of hydrogen-bond donors (Lipinski definition) is 1. The van der Waals surface area contributed by atoms with Crippen LogP contribution in [0.5, 0.6) is 5.75 Å². The molecule has 0 aliphatic rings. The van der Waals surface area contributed by atoms with Gasteiger partial charge in [0.2, 0.25) is 5.82 Å². The number of anilines is 1. The first-order valence-electron chi connectivity index (χ1n) is 6.82. The Morgan fingerprint density at radius 2 is 2.00 bits per heavy atom. The third-order valence-electron chi connectivity index (χ3n) is 3.08. The second kappa shape index (κ2) is 7.19. The highest BCUT2D eigenvalue weighted by atomic mass is 19.1. The van der Waals surface area contributed by atoms with E-state index in [1.807, 2.05) is 6.07 Å². The lowest BCUT2D eigenvalue weighted by atomic mass is 10.2. The Balaban J connectivity index is 2.04. The monoisotopic (exact) mass is 329 g/mol. The molecule has 1 N–H and O–H groups in total. The summed E-state index contributed by atoms with van der Waals surface area (Å²) in [5, 5.41) is 21.8. The maximum absolute atomic E-state index is 13.3. The zero-order valence-electron chi connectivity index (χ0n) is 12.5. The van der Waals surface area contributed by atoms with Crippen LogP contribution in [0.2, 0.25) is 0 Å². The highest BCUT2D eigenvalue weighted by Crippen LogP contribution is 2.22. The van der Waals surface area contributed by atoms with E-state index in [1.54, 1.807) is 24.3 Å². The molecule has 1 amide bonds. The predicted molar refractivity (Wildman–Crippen MR) is 82.9 cm³/mol. The third-order valence-corrected chi connectivity index (χ3v) is 3.08. The van der Waals surface area contributed by atoms with Crippen LogP contribution in [0.15, 0.2) is 42.5 Å². The van der Waals surface area contributed by atoms with Crippen LogP contribution in [0, 0.1) is 27.3 Å². The summed E-state index contributed by atoms with van der Waals surface area (Å²) in [5.74, 6) is -1.15. The lowest BCUT2D eigenvalue weighted by Gasteiger charge is -2.14. The van der Waals surface area contributed by atoms with Crippen molar-refractivity contribution in [1.82, 2.24) is 0 Å². The van der Waals surface area contributed by atoms with E-state index in [9.17, 15) is 19.3 Å².